The first kappa shape index (κ1) is 14.1. The summed E-state index contributed by atoms with van der Waals surface area (Å²) in [4.78, 5) is 27.8. The van der Waals surface area contributed by atoms with E-state index in [0.717, 1.165) is 11.0 Å². The van der Waals surface area contributed by atoms with E-state index in [-0.39, 0.29) is 18.0 Å². The van der Waals surface area contributed by atoms with Crippen LogP contribution in [0.25, 0.3) is 22.4 Å². The zero-order chi connectivity index (χ0) is 16.0. The molecule has 0 saturated carbocycles. The van der Waals surface area contributed by atoms with Gasteiger partial charge in [-0.15, -0.1) is 0 Å². The molecule has 0 unspecified atom stereocenters. The summed E-state index contributed by atoms with van der Waals surface area (Å²) < 4.78 is 7.21. The number of carbonyl (C=O) groups is 1. The molecule has 1 atom stereocenters. The lowest BCUT2D eigenvalue weighted by Crippen LogP contribution is -2.25. The van der Waals surface area contributed by atoms with Gasteiger partial charge in [-0.05, 0) is 12.1 Å². The van der Waals surface area contributed by atoms with Gasteiger partial charge < -0.3 is 9.52 Å². The minimum Gasteiger partial charge on any atom is -0.481 e. The van der Waals surface area contributed by atoms with Gasteiger partial charge in [0.15, 0.2) is 10.9 Å². The SMILES string of the molecule is O=C(O)C[C@H]1CSc2nc(-c3cc4ccccc4o3)cc(=O)n21. The first-order valence-corrected chi connectivity index (χ1v) is 8.07. The fourth-order valence-corrected chi connectivity index (χ4v) is 3.89. The number of rotatable bonds is 3. The molecule has 3 aromatic rings. The number of carboxylic acids is 1. The lowest BCUT2D eigenvalue weighted by Gasteiger charge is -2.10. The van der Waals surface area contributed by atoms with Gasteiger partial charge >= 0.3 is 5.97 Å². The summed E-state index contributed by atoms with van der Waals surface area (Å²) in [6, 6.07) is 10.5. The number of aliphatic carboxylic acids is 1. The molecule has 23 heavy (non-hydrogen) atoms. The Balaban J connectivity index is 1.79. The number of carboxylic acid groups (broad SMARTS) is 1. The van der Waals surface area contributed by atoms with Crippen LogP contribution in [0.4, 0.5) is 0 Å². The summed E-state index contributed by atoms with van der Waals surface area (Å²) in [5.41, 5.74) is 0.962. The molecule has 0 amide bonds. The van der Waals surface area contributed by atoms with Gasteiger partial charge in [0.2, 0.25) is 0 Å². The van der Waals surface area contributed by atoms with Crippen molar-refractivity contribution in [2.45, 2.75) is 17.6 Å². The molecule has 4 rings (SSSR count). The maximum Gasteiger partial charge on any atom is 0.305 e. The molecular weight excluding hydrogens is 316 g/mol. The number of benzene rings is 1. The predicted octanol–water partition coefficient (Wildman–Crippen LogP) is 2.78. The van der Waals surface area contributed by atoms with Gasteiger partial charge in [0.05, 0.1) is 12.5 Å². The second kappa shape index (κ2) is 5.27. The van der Waals surface area contributed by atoms with Crippen molar-refractivity contribution in [2.75, 3.05) is 5.75 Å². The van der Waals surface area contributed by atoms with Crippen molar-refractivity contribution < 1.29 is 14.3 Å². The van der Waals surface area contributed by atoms with Crippen LogP contribution in [0.5, 0.6) is 0 Å². The number of nitrogens with zero attached hydrogens (tertiary/aromatic N) is 2. The predicted molar refractivity (Wildman–Crippen MR) is 85.7 cm³/mol. The average Bonchev–Trinajstić information content (AvgIpc) is 3.11. The van der Waals surface area contributed by atoms with E-state index in [1.54, 1.807) is 0 Å². The highest BCUT2D eigenvalue weighted by atomic mass is 32.2. The van der Waals surface area contributed by atoms with Gasteiger partial charge in [0.1, 0.15) is 11.3 Å². The molecule has 1 aromatic carbocycles. The Morgan fingerprint density at radius 2 is 2.22 bits per heavy atom. The number of aromatic nitrogens is 2. The third kappa shape index (κ3) is 2.43. The quantitative estimate of drug-likeness (QED) is 0.744. The molecule has 6 nitrogen and oxygen atoms in total. The Bertz CT molecular complexity index is 943. The fourth-order valence-electron chi connectivity index (χ4n) is 2.74. The Labute approximate surface area is 134 Å². The number of para-hydroxylation sites is 1. The molecule has 0 aliphatic carbocycles. The minimum atomic E-state index is -0.920. The first-order chi connectivity index (χ1) is 11.1. The van der Waals surface area contributed by atoms with E-state index >= 15 is 0 Å². The largest absolute Gasteiger partial charge is 0.481 e. The van der Waals surface area contributed by atoms with Gasteiger partial charge in [0.25, 0.3) is 5.56 Å². The molecule has 1 N–H and O–H groups in total. The number of furan rings is 1. The maximum absolute atomic E-state index is 12.4. The Morgan fingerprint density at radius 3 is 3.00 bits per heavy atom. The second-order valence-electron chi connectivity index (χ2n) is 5.34. The summed E-state index contributed by atoms with van der Waals surface area (Å²) in [7, 11) is 0. The van der Waals surface area contributed by atoms with Crippen LogP contribution in [-0.2, 0) is 4.79 Å². The average molecular weight is 328 g/mol. The first-order valence-electron chi connectivity index (χ1n) is 7.09. The van der Waals surface area contributed by atoms with Crippen LogP contribution in [0, 0.1) is 0 Å². The van der Waals surface area contributed by atoms with Gasteiger partial charge in [-0.2, -0.15) is 0 Å². The summed E-state index contributed by atoms with van der Waals surface area (Å²) in [6.45, 7) is 0. The summed E-state index contributed by atoms with van der Waals surface area (Å²) >= 11 is 1.39. The van der Waals surface area contributed by atoms with Crippen LogP contribution in [-0.4, -0.2) is 26.4 Å². The van der Waals surface area contributed by atoms with Crippen molar-refractivity contribution in [3.63, 3.8) is 0 Å². The van der Waals surface area contributed by atoms with E-state index in [1.807, 2.05) is 30.3 Å². The Kier molecular flexibility index (Phi) is 3.23. The van der Waals surface area contributed by atoms with Crippen molar-refractivity contribution in [3.05, 3.63) is 46.8 Å². The highest BCUT2D eigenvalue weighted by molar-refractivity contribution is 7.99. The molecule has 0 bridgehead atoms. The molecule has 1 aliphatic rings. The zero-order valence-corrected chi connectivity index (χ0v) is 12.7. The van der Waals surface area contributed by atoms with Gasteiger partial charge in [-0.3, -0.25) is 14.2 Å². The van der Waals surface area contributed by atoms with E-state index in [4.69, 9.17) is 9.52 Å². The van der Waals surface area contributed by atoms with Crippen LogP contribution in [0.1, 0.15) is 12.5 Å². The van der Waals surface area contributed by atoms with Crippen molar-refractivity contribution in [1.29, 1.82) is 0 Å². The molecule has 116 valence electrons. The molecule has 3 heterocycles. The highest BCUT2D eigenvalue weighted by Gasteiger charge is 2.28. The van der Waals surface area contributed by atoms with Gasteiger partial charge in [-0.1, -0.05) is 30.0 Å². The van der Waals surface area contributed by atoms with Crippen molar-refractivity contribution >= 4 is 28.7 Å². The number of fused-ring (bicyclic) bond motifs is 2. The third-order valence-corrected chi connectivity index (χ3v) is 4.88. The van der Waals surface area contributed by atoms with Crippen molar-refractivity contribution in [1.82, 2.24) is 9.55 Å². The molecule has 1 aliphatic heterocycles. The number of hydrogen-bond acceptors (Lipinski definition) is 5. The zero-order valence-electron chi connectivity index (χ0n) is 11.9. The third-order valence-electron chi connectivity index (χ3n) is 3.78. The monoisotopic (exact) mass is 328 g/mol. The molecule has 0 saturated heterocycles. The van der Waals surface area contributed by atoms with Crippen LogP contribution < -0.4 is 5.56 Å². The van der Waals surface area contributed by atoms with Crippen LogP contribution in [0.15, 0.2) is 50.8 Å². The molecule has 7 heteroatoms. The van der Waals surface area contributed by atoms with Crippen LogP contribution in [0.3, 0.4) is 0 Å². The lowest BCUT2D eigenvalue weighted by atomic mass is 10.2. The molecular formula is C16H12N2O4S. The van der Waals surface area contributed by atoms with Crippen molar-refractivity contribution in [2.24, 2.45) is 0 Å². The molecule has 2 aromatic heterocycles. The highest BCUT2D eigenvalue weighted by Crippen LogP contribution is 2.34. The minimum absolute atomic E-state index is 0.0778. The summed E-state index contributed by atoms with van der Waals surface area (Å²) in [5, 5.41) is 10.4. The maximum atomic E-state index is 12.4. The number of thioether (sulfide) groups is 1. The smallest absolute Gasteiger partial charge is 0.305 e. The lowest BCUT2D eigenvalue weighted by molar-refractivity contribution is -0.137. The van der Waals surface area contributed by atoms with E-state index in [2.05, 4.69) is 4.98 Å². The molecule has 0 spiro atoms. The van der Waals surface area contributed by atoms with E-state index in [0.29, 0.717) is 22.4 Å². The topological polar surface area (TPSA) is 85.3 Å². The number of hydrogen-bond donors (Lipinski definition) is 1. The Morgan fingerprint density at radius 1 is 1.39 bits per heavy atom. The summed E-state index contributed by atoms with van der Waals surface area (Å²) in [5.74, 6) is 0.156. The van der Waals surface area contributed by atoms with E-state index < -0.39 is 5.97 Å². The van der Waals surface area contributed by atoms with Crippen LogP contribution >= 0.6 is 11.8 Å². The summed E-state index contributed by atoms with van der Waals surface area (Å²) in [6.07, 6.45) is -0.0778. The Hall–Kier alpha value is -2.54. The second-order valence-corrected chi connectivity index (χ2v) is 6.33. The molecule has 0 fully saturated rings. The van der Waals surface area contributed by atoms with Crippen LogP contribution in [0.2, 0.25) is 0 Å². The van der Waals surface area contributed by atoms with Crippen molar-refractivity contribution in [3.8, 4) is 11.5 Å². The normalized spacial score (nSPS) is 16.6. The van der Waals surface area contributed by atoms with E-state index in [9.17, 15) is 9.59 Å². The van der Waals surface area contributed by atoms with Gasteiger partial charge in [-0.25, -0.2) is 4.98 Å². The fraction of sp³-hybridized carbons (Fsp3) is 0.188. The molecule has 0 radical (unpaired) electrons. The standard InChI is InChI=1S/C16H12N2O4S/c19-14-7-11(13-5-9-3-1-2-4-12(9)22-13)17-16-18(14)10(8-23-16)6-15(20)21/h1-5,7,10H,6,8H2,(H,20,21)/t10-/m0/s1. The van der Waals surface area contributed by atoms with E-state index in [1.165, 1.54) is 22.4 Å². The van der Waals surface area contributed by atoms with Gasteiger partial charge in [0, 0.05) is 17.2 Å².